The first-order valence-electron chi connectivity index (χ1n) is 9.84. The molecule has 4 rings (SSSR count). The molecule has 0 saturated heterocycles. The van der Waals surface area contributed by atoms with Crippen LogP contribution in [-0.4, -0.2) is 43.4 Å². The number of carbonyl (C=O) groups excluding carboxylic acids is 1. The van der Waals surface area contributed by atoms with Crippen molar-refractivity contribution in [1.29, 1.82) is 0 Å². The first kappa shape index (κ1) is 20.6. The van der Waals surface area contributed by atoms with E-state index in [-0.39, 0.29) is 17.9 Å². The summed E-state index contributed by atoms with van der Waals surface area (Å²) in [4.78, 5) is 15.0. The lowest BCUT2D eigenvalue weighted by Crippen LogP contribution is -2.44. The zero-order valence-corrected chi connectivity index (χ0v) is 17.6. The van der Waals surface area contributed by atoms with Gasteiger partial charge < -0.3 is 29.0 Å². The molecular formula is C23H24FN3O4. The quantitative estimate of drug-likeness (QED) is 0.662. The van der Waals surface area contributed by atoms with Crippen LogP contribution < -0.4 is 19.5 Å². The predicted molar refractivity (Wildman–Crippen MR) is 114 cm³/mol. The van der Waals surface area contributed by atoms with E-state index in [0.717, 1.165) is 11.3 Å². The van der Waals surface area contributed by atoms with Crippen LogP contribution in [0.4, 0.5) is 14.9 Å². The predicted octanol–water partition coefficient (Wildman–Crippen LogP) is 4.29. The summed E-state index contributed by atoms with van der Waals surface area (Å²) in [6.45, 7) is 1.16. The fraction of sp³-hybridized carbons (Fsp3) is 0.261. The molecule has 3 aromatic rings. The van der Waals surface area contributed by atoms with Crippen molar-refractivity contribution in [2.24, 2.45) is 0 Å². The van der Waals surface area contributed by atoms with E-state index >= 15 is 0 Å². The Hall–Kier alpha value is -3.68. The van der Waals surface area contributed by atoms with Crippen molar-refractivity contribution in [2.75, 3.05) is 33.2 Å². The van der Waals surface area contributed by atoms with Crippen molar-refractivity contribution in [2.45, 2.75) is 12.6 Å². The average molecular weight is 425 g/mol. The summed E-state index contributed by atoms with van der Waals surface area (Å²) in [7, 11) is 4.67. The first-order chi connectivity index (χ1) is 15.0. The zero-order valence-electron chi connectivity index (χ0n) is 17.6. The molecule has 1 aliphatic heterocycles. The lowest BCUT2D eigenvalue weighted by atomic mass is 9.99. The maximum absolute atomic E-state index is 13.2. The molecule has 31 heavy (non-hydrogen) atoms. The molecule has 8 heteroatoms. The van der Waals surface area contributed by atoms with Crippen LogP contribution in [0.25, 0.3) is 0 Å². The second-order valence-electron chi connectivity index (χ2n) is 7.12. The number of methoxy groups -OCH3 is 3. The minimum Gasteiger partial charge on any atom is -0.493 e. The van der Waals surface area contributed by atoms with E-state index in [9.17, 15) is 9.18 Å². The third kappa shape index (κ3) is 3.88. The lowest BCUT2D eigenvalue weighted by Gasteiger charge is -2.37. The number of amides is 2. The van der Waals surface area contributed by atoms with Gasteiger partial charge in [0.15, 0.2) is 11.5 Å². The molecule has 0 bridgehead atoms. The van der Waals surface area contributed by atoms with Crippen molar-refractivity contribution < 1.29 is 23.4 Å². The van der Waals surface area contributed by atoms with E-state index < -0.39 is 0 Å². The Kier molecular flexibility index (Phi) is 5.70. The largest absolute Gasteiger partial charge is 0.493 e. The molecule has 2 heterocycles. The number of halogens is 1. The Labute approximate surface area is 179 Å². The number of nitrogens with zero attached hydrogens (tertiary/aromatic N) is 2. The highest BCUT2D eigenvalue weighted by atomic mass is 19.1. The molecule has 0 aliphatic carbocycles. The summed E-state index contributed by atoms with van der Waals surface area (Å²) in [6, 6.07) is 12.7. The number of hydrogen-bond acceptors (Lipinski definition) is 4. The Morgan fingerprint density at radius 1 is 1.00 bits per heavy atom. The SMILES string of the molecule is COc1cc([C@@H]2c3cccn3CCN2C(=O)Nc2ccc(F)cc2)cc(OC)c1OC. The highest BCUT2D eigenvalue weighted by Gasteiger charge is 2.33. The van der Waals surface area contributed by atoms with Crippen LogP contribution in [0.5, 0.6) is 17.2 Å². The van der Waals surface area contributed by atoms with Gasteiger partial charge in [-0.3, -0.25) is 0 Å². The van der Waals surface area contributed by atoms with Gasteiger partial charge >= 0.3 is 6.03 Å². The molecule has 1 N–H and O–H groups in total. The van der Waals surface area contributed by atoms with Crippen molar-refractivity contribution >= 4 is 11.7 Å². The van der Waals surface area contributed by atoms with Crippen LogP contribution in [0.3, 0.4) is 0 Å². The second kappa shape index (κ2) is 8.59. The summed E-state index contributed by atoms with van der Waals surface area (Å²) in [5.74, 6) is 1.16. The Morgan fingerprint density at radius 3 is 2.29 bits per heavy atom. The molecule has 1 aliphatic rings. The highest BCUT2D eigenvalue weighted by molar-refractivity contribution is 5.90. The van der Waals surface area contributed by atoms with Gasteiger partial charge in [0.2, 0.25) is 5.75 Å². The van der Waals surface area contributed by atoms with E-state index in [4.69, 9.17) is 14.2 Å². The van der Waals surface area contributed by atoms with Crippen molar-refractivity contribution in [3.8, 4) is 17.2 Å². The maximum Gasteiger partial charge on any atom is 0.322 e. The summed E-state index contributed by atoms with van der Waals surface area (Å²) in [5, 5.41) is 2.87. The van der Waals surface area contributed by atoms with Crippen molar-refractivity contribution in [3.63, 3.8) is 0 Å². The number of urea groups is 1. The molecule has 0 spiro atoms. The number of anilines is 1. The molecule has 0 radical (unpaired) electrons. The number of fused-ring (bicyclic) bond motifs is 1. The van der Waals surface area contributed by atoms with E-state index in [1.807, 2.05) is 30.5 Å². The highest BCUT2D eigenvalue weighted by Crippen LogP contribution is 2.43. The second-order valence-corrected chi connectivity index (χ2v) is 7.12. The molecule has 162 valence electrons. The number of hydrogen-bond donors (Lipinski definition) is 1. The molecule has 0 fully saturated rings. The Morgan fingerprint density at radius 2 is 1.68 bits per heavy atom. The van der Waals surface area contributed by atoms with E-state index in [1.165, 1.54) is 24.3 Å². The molecular weight excluding hydrogens is 401 g/mol. The summed E-state index contributed by atoms with van der Waals surface area (Å²) >= 11 is 0. The van der Waals surface area contributed by atoms with Gasteiger partial charge in [-0.05, 0) is 54.1 Å². The normalized spacial score (nSPS) is 15.2. The Bertz CT molecular complexity index is 1060. The molecule has 2 amide bonds. The Balaban J connectivity index is 1.75. The van der Waals surface area contributed by atoms with Crippen LogP contribution in [0, 0.1) is 5.82 Å². The number of benzene rings is 2. The first-order valence-corrected chi connectivity index (χ1v) is 9.84. The number of nitrogens with one attached hydrogen (secondary N) is 1. The molecule has 7 nitrogen and oxygen atoms in total. The minimum atomic E-state index is -0.377. The number of carbonyl (C=O) groups is 1. The summed E-state index contributed by atoms with van der Waals surface area (Å²) in [6.07, 6.45) is 2.00. The monoisotopic (exact) mass is 425 g/mol. The van der Waals surface area contributed by atoms with Gasteiger partial charge in [-0.15, -0.1) is 0 Å². The van der Waals surface area contributed by atoms with Gasteiger partial charge in [0.05, 0.1) is 27.4 Å². The topological polar surface area (TPSA) is 65.0 Å². The van der Waals surface area contributed by atoms with Gasteiger partial charge in [-0.1, -0.05) is 0 Å². The number of ether oxygens (including phenoxy) is 3. The third-order valence-electron chi connectivity index (χ3n) is 5.40. The van der Waals surface area contributed by atoms with Gasteiger partial charge in [0, 0.05) is 30.7 Å². The van der Waals surface area contributed by atoms with Crippen LogP contribution >= 0.6 is 0 Å². The summed E-state index contributed by atoms with van der Waals surface area (Å²) in [5.41, 5.74) is 2.31. The van der Waals surface area contributed by atoms with Crippen LogP contribution in [-0.2, 0) is 6.54 Å². The van der Waals surface area contributed by atoms with Gasteiger partial charge in [-0.25, -0.2) is 9.18 Å². The number of rotatable bonds is 5. The van der Waals surface area contributed by atoms with Gasteiger partial charge in [0.25, 0.3) is 0 Å². The fourth-order valence-corrected chi connectivity index (χ4v) is 3.94. The molecule has 1 aromatic heterocycles. The lowest BCUT2D eigenvalue weighted by molar-refractivity contribution is 0.181. The van der Waals surface area contributed by atoms with Crippen molar-refractivity contribution in [3.05, 3.63) is 71.8 Å². The number of aromatic nitrogens is 1. The van der Waals surface area contributed by atoms with Crippen LogP contribution in [0.2, 0.25) is 0 Å². The van der Waals surface area contributed by atoms with Crippen molar-refractivity contribution in [1.82, 2.24) is 9.47 Å². The van der Waals surface area contributed by atoms with Crippen LogP contribution in [0.15, 0.2) is 54.7 Å². The van der Waals surface area contributed by atoms with E-state index in [0.29, 0.717) is 36.0 Å². The minimum absolute atomic E-state index is 0.280. The fourth-order valence-electron chi connectivity index (χ4n) is 3.94. The van der Waals surface area contributed by atoms with E-state index in [1.54, 1.807) is 26.2 Å². The van der Waals surface area contributed by atoms with Crippen LogP contribution in [0.1, 0.15) is 17.3 Å². The summed E-state index contributed by atoms with van der Waals surface area (Å²) < 4.78 is 31.8. The standard InChI is InChI=1S/C23H24FN3O4/c1-29-19-13-15(14-20(30-2)22(19)31-3)21-18-5-4-10-26(18)11-12-27(21)23(28)25-17-8-6-16(24)7-9-17/h4-10,13-14,21H,11-12H2,1-3H3,(H,25,28)/t21-/m1/s1. The van der Waals surface area contributed by atoms with Gasteiger partial charge in [-0.2, -0.15) is 0 Å². The zero-order chi connectivity index (χ0) is 22.0. The maximum atomic E-state index is 13.2. The molecule has 2 aromatic carbocycles. The third-order valence-corrected chi connectivity index (χ3v) is 5.40. The molecule has 1 atom stereocenters. The van der Waals surface area contributed by atoms with Gasteiger partial charge in [0.1, 0.15) is 5.82 Å². The van der Waals surface area contributed by atoms with E-state index in [2.05, 4.69) is 9.88 Å². The molecule has 0 unspecified atom stereocenters. The molecule has 0 saturated carbocycles. The average Bonchev–Trinajstić information content (AvgIpc) is 3.27. The smallest absolute Gasteiger partial charge is 0.322 e.